The SMILES string of the molecule is CCCCCCc1c(C(=O)O)cccc1C(=O)O. The molecule has 0 radical (unpaired) electrons. The molecule has 1 aromatic rings. The van der Waals surface area contributed by atoms with Crippen molar-refractivity contribution in [3.05, 3.63) is 34.9 Å². The third-order valence-electron chi connectivity index (χ3n) is 2.92. The van der Waals surface area contributed by atoms with Crippen LogP contribution in [0.2, 0.25) is 0 Å². The third kappa shape index (κ3) is 3.58. The van der Waals surface area contributed by atoms with Gasteiger partial charge in [0.2, 0.25) is 0 Å². The molecule has 2 N–H and O–H groups in total. The molecular weight excluding hydrogens is 232 g/mol. The van der Waals surface area contributed by atoms with Crippen LogP contribution in [-0.4, -0.2) is 22.2 Å². The van der Waals surface area contributed by atoms with Crippen molar-refractivity contribution in [3.63, 3.8) is 0 Å². The number of unbranched alkanes of at least 4 members (excludes halogenated alkanes) is 3. The Kier molecular flexibility index (Phi) is 5.36. The summed E-state index contributed by atoms with van der Waals surface area (Å²) in [5, 5.41) is 18.2. The van der Waals surface area contributed by atoms with Crippen LogP contribution in [0.15, 0.2) is 18.2 Å². The Bertz CT molecular complexity index is 405. The first kappa shape index (κ1) is 14.2. The topological polar surface area (TPSA) is 74.6 Å². The van der Waals surface area contributed by atoms with Crippen LogP contribution in [0.3, 0.4) is 0 Å². The predicted molar refractivity (Wildman–Crippen MR) is 68.2 cm³/mol. The van der Waals surface area contributed by atoms with E-state index in [0.29, 0.717) is 12.0 Å². The normalized spacial score (nSPS) is 10.3. The minimum Gasteiger partial charge on any atom is -0.478 e. The van der Waals surface area contributed by atoms with E-state index in [1.165, 1.54) is 18.2 Å². The Morgan fingerprint density at radius 1 is 1.00 bits per heavy atom. The second-order valence-electron chi connectivity index (χ2n) is 4.25. The molecule has 1 rings (SSSR count). The summed E-state index contributed by atoms with van der Waals surface area (Å²) in [5.74, 6) is -2.13. The zero-order valence-electron chi connectivity index (χ0n) is 10.5. The smallest absolute Gasteiger partial charge is 0.335 e. The van der Waals surface area contributed by atoms with Crippen LogP contribution in [0.4, 0.5) is 0 Å². The first-order valence-electron chi connectivity index (χ1n) is 6.16. The first-order chi connectivity index (χ1) is 8.57. The maximum Gasteiger partial charge on any atom is 0.335 e. The third-order valence-corrected chi connectivity index (χ3v) is 2.92. The second-order valence-corrected chi connectivity index (χ2v) is 4.25. The standard InChI is InChI=1S/C14H18O4/c1-2-3-4-5-7-10-11(13(15)16)8-6-9-12(10)14(17)18/h6,8-9H,2-5,7H2,1H3,(H,15,16)(H,17,18). The number of carboxylic acids is 2. The molecular formula is C14H18O4. The maximum absolute atomic E-state index is 11.1. The Labute approximate surface area is 106 Å². The Morgan fingerprint density at radius 2 is 1.56 bits per heavy atom. The molecule has 1 aromatic carbocycles. The molecule has 0 heterocycles. The van der Waals surface area contributed by atoms with E-state index in [1.807, 2.05) is 0 Å². The molecule has 0 atom stereocenters. The van der Waals surface area contributed by atoms with E-state index in [0.717, 1.165) is 25.7 Å². The maximum atomic E-state index is 11.1. The van der Waals surface area contributed by atoms with E-state index >= 15 is 0 Å². The lowest BCUT2D eigenvalue weighted by atomic mass is 9.95. The van der Waals surface area contributed by atoms with Gasteiger partial charge in [-0.3, -0.25) is 0 Å². The van der Waals surface area contributed by atoms with Crippen LogP contribution in [-0.2, 0) is 6.42 Å². The van der Waals surface area contributed by atoms with E-state index in [4.69, 9.17) is 10.2 Å². The van der Waals surface area contributed by atoms with Gasteiger partial charge in [0.1, 0.15) is 0 Å². The minimum absolute atomic E-state index is 0.103. The lowest BCUT2D eigenvalue weighted by Gasteiger charge is -2.09. The van der Waals surface area contributed by atoms with Gasteiger partial charge in [0.25, 0.3) is 0 Å². The van der Waals surface area contributed by atoms with Crippen LogP contribution in [0.25, 0.3) is 0 Å². The van der Waals surface area contributed by atoms with E-state index in [2.05, 4.69) is 6.92 Å². The number of benzene rings is 1. The van der Waals surface area contributed by atoms with Crippen molar-refractivity contribution in [2.45, 2.75) is 39.0 Å². The van der Waals surface area contributed by atoms with Gasteiger partial charge in [-0.1, -0.05) is 32.3 Å². The van der Waals surface area contributed by atoms with Crippen LogP contribution in [0.1, 0.15) is 58.9 Å². The number of carboxylic acid groups (broad SMARTS) is 2. The number of hydrogen-bond donors (Lipinski definition) is 2. The molecule has 0 saturated heterocycles. The van der Waals surface area contributed by atoms with Gasteiger partial charge in [-0.05, 0) is 30.5 Å². The highest BCUT2D eigenvalue weighted by Crippen LogP contribution is 2.19. The summed E-state index contributed by atoms with van der Waals surface area (Å²) in [6.45, 7) is 2.09. The van der Waals surface area contributed by atoms with Gasteiger partial charge in [0.15, 0.2) is 0 Å². The summed E-state index contributed by atoms with van der Waals surface area (Å²) in [5.41, 5.74) is 0.645. The summed E-state index contributed by atoms with van der Waals surface area (Å²) >= 11 is 0. The molecule has 0 saturated carbocycles. The van der Waals surface area contributed by atoms with E-state index in [1.54, 1.807) is 0 Å². The minimum atomic E-state index is -1.07. The lowest BCUT2D eigenvalue weighted by molar-refractivity contribution is 0.0695. The van der Waals surface area contributed by atoms with Crippen molar-refractivity contribution in [2.24, 2.45) is 0 Å². The van der Waals surface area contributed by atoms with Crippen LogP contribution >= 0.6 is 0 Å². The Hall–Kier alpha value is -1.84. The number of rotatable bonds is 7. The molecule has 0 aliphatic heterocycles. The molecule has 0 spiro atoms. The van der Waals surface area contributed by atoms with Crippen molar-refractivity contribution in [1.29, 1.82) is 0 Å². The van der Waals surface area contributed by atoms with Crippen molar-refractivity contribution >= 4 is 11.9 Å². The second kappa shape index (κ2) is 6.79. The largest absolute Gasteiger partial charge is 0.478 e. The highest BCUT2D eigenvalue weighted by Gasteiger charge is 2.17. The van der Waals surface area contributed by atoms with Gasteiger partial charge in [-0.2, -0.15) is 0 Å². The number of hydrogen-bond acceptors (Lipinski definition) is 2. The highest BCUT2D eigenvalue weighted by atomic mass is 16.4. The molecule has 0 fully saturated rings. The van der Waals surface area contributed by atoms with E-state index in [9.17, 15) is 9.59 Å². The van der Waals surface area contributed by atoms with Crippen LogP contribution in [0, 0.1) is 0 Å². The molecule has 4 nitrogen and oxygen atoms in total. The average molecular weight is 250 g/mol. The van der Waals surface area contributed by atoms with Gasteiger partial charge in [0, 0.05) is 0 Å². The van der Waals surface area contributed by atoms with Crippen LogP contribution < -0.4 is 0 Å². The lowest BCUT2D eigenvalue weighted by Crippen LogP contribution is -2.10. The fraction of sp³-hybridized carbons (Fsp3) is 0.429. The monoisotopic (exact) mass is 250 g/mol. The molecule has 98 valence electrons. The molecule has 0 aromatic heterocycles. The van der Waals surface area contributed by atoms with Crippen molar-refractivity contribution in [1.82, 2.24) is 0 Å². The Balaban J connectivity index is 2.96. The molecule has 18 heavy (non-hydrogen) atoms. The van der Waals surface area contributed by atoms with Gasteiger partial charge in [-0.15, -0.1) is 0 Å². The molecule has 0 aliphatic carbocycles. The molecule has 0 unspecified atom stereocenters. The quantitative estimate of drug-likeness (QED) is 0.729. The predicted octanol–water partition coefficient (Wildman–Crippen LogP) is 3.21. The summed E-state index contributed by atoms with van der Waals surface area (Å²) in [6, 6.07) is 4.40. The fourth-order valence-electron chi connectivity index (χ4n) is 1.99. The van der Waals surface area contributed by atoms with Gasteiger partial charge < -0.3 is 10.2 Å². The van der Waals surface area contributed by atoms with E-state index in [-0.39, 0.29) is 11.1 Å². The zero-order chi connectivity index (χ0) is 13.5. The summed E-state index contributed by atoms with van der Waals surface area (Å²) in [7, 11) is 0. The first-order valence-corrected chi connectivity index (χ1v) is 6.16. The number of aromatic carboxylic acids is 2. The molecule has 0 aliphatic rings. The van der Waals surface area contributed by atoms with Gasteiger partial charge >= 0.3 is 11.9 Å². The van der Waals surface area contributed by atoms with Gasteiger partial charge in [0.05, 0.1) is 11.1 Å². The van der Waals surface area contributed by atoms with Crippen molar-refractivity contribution in [2.75, 3.05) is 0 Å². The van der Waals surface area contributed by atoms with Crippen molar-refractivity contribution in [3.8, 4) is 0 Å². The Morgan fingerprint density at radius 3 is 2.00 bits per heavy atom. The number of carbonyl (C=O) groups is 2. The van der Waals surface area contributed by atoms with Gasteiger partial charge in [-0.25, -0.2) is 9.59 Å². The summed E-state index contributed by atoms with van der Waals surface area (Å²) in [6.07, 6.45) is 4.48. The molecule has 4 heteroatoms. The van der Waals surface area contributed by atoms with E-state index < -0.39 is 11.9 Å². The zero-order valence-corrected chi connectivity index (χ0v) is 10.5. The van der Waals surface area contributed by atoms with Crippen LogP contribution in [0.5, 0.6) is 0 Å². The highest BCUT2D eigenvalue weighted by molar-refractivity contribution is 5.96. The summed E-state index contributed by atoms with van der Waals surface area (Å²) in [4.78, 5) is 22.2. The molecule has 0 bridgehead atoms. The fourth-order valence-corrected chi connectivity index (χ4v) is 1.99. The average Bonchev–Trinajstić information content (AvgIpc) is 2.34. The summed E-state index contributed by atoms with van der Waals surface area (Å²) < 4.78 is 0. The van der Waals surface area contributed by atoms with Crippen molar-refractivity contribution < 1.29 is 19.8 Å². The molecule has 0 amide bonds.